The molecule has 0 saturated carbocycles. The molecule has 1 N–H and O–H groups in total. The molecule has 0 radical (unpaired) electrons. The number of amides is 2. The Labute approximate surface area is 95.5 Å². The minimum atomic E-state index is -3.00. The quantitative estimate of drug-likeness (QED) is 0.580. The van der Waals surface area contributed by atoms with E-state index in [1.807, 2.05) is 0 Å². The van der Waals surface area contributed by atoms with Crippen molar-refractivity contribution in [3.8, 4) is 0 Å². The van der Waals surface area contributed by atoms with Crippen LogP contribution in [0.1, 0.15) is 0 Å². The zero-order valence-corrected chi connectivity index (χ0v) is 10.3. The van der Waals surface area contributed by atoms with Gasteiger partial charge in [-0.05, 0) is 0 Å². The molecule has 0 aromatic rings. The number of urea groups is 1. The molecule has 0 bridgehead atoms. The van der Waals surface area contributed by atoms with E-state index < -0.39 is 9.84 Å². The summed E-state index contributed by atoms with van der Waals surface area (Å²) in [4.78, 5) is 15.0. The number of hydrogen-bond acceptors (Lipinski definition) is 4. The van der Waals surface area contributed by atoms with Crippen molar-refractivity contribution >= 4 is 15.9 Å². The Morgan fingerprint density at radius 3 is 2.69 bits per heavy atom. The van der Waals surface area contributed by atoms with Crippen molar-refractivity contribution < 1.29 is 13.2 Å². The largest absolute Gasteiger partial charge is 0.331 e. The Balaban J connectivity index is 2.19. The van der Waals surface area contributed by atoms with Gasteiger partial charge < -0.3 is 15.1 Å². The van der Waals surface area contributed by atoms with Crippen LogP contribution in [-0.2, 0) is 9.84 Å². The second-order valence-electron chi connectivity index (χ2n) is 4.58. The van der Waals surface area contributed by atoms with Gasteiger partial charge in [0.05, 0.1) is 17.5 Å². The van der Waals surface area contributed by atoms with Crippen LogP contribution in [-0.4, -0.2) is 75.0 Å². The highest BCUT2D eigenvalue weighted by atomic mass is 32.2. The third-order valence-corrected chi connectivity index (χ3v) is 4.83. The Morgan fingerprint density at radius 1 is 1.38 bits per heavy atom. The van der Waals surface area contributed by atoms with Gasteiger partial charge in [0.2, 0.25) is 0 Å². The molecule has 0 spiro atoms. The van der Waals surface area contributed by atoms with E-state index in [4.69, 9.17) is 0 Å². The molecule has 7 heteroatoms. The van der Waals surface area contributed by atoms with E-state index in [2.05, 4.69) is 5.32 Å². The molecule has 2 fully saturated rings. The van der Waals surface area contributed by atoms with Gasteiger partial charge in [-0.1, -0.05) is 0 Å². The summed E-state index contributed by atoms with van der Waals surface area (Å²) in [6.07, 6.45) is 0. The van der Waals surface area contributed by atoms with Crippen LogP contribution in [0.3, 0.4) is 0 Å². The van der Waals surface area contributed by atoms with Crippen molar-refractivity contribution in [1.29, 1.82) is 0 Å². The number of rotatable bonds is 0. The highest BCUT2D eigenvalue weighted by molar-refractivity contribution is 7.91. The van der Waals surface area contributed by atoms with Crippen LogP contribution in [0.2, 0.25) is 0 Å². The summed E-state index contributed by atoms with van der Waals surface area (Å²) in [7, 11) is 0.371. The van der Waals surface area contributed by atoms with E-state index in [-0.39, 0.29) is 29.6 Å². The number of piperazine rings is 1. The second kappa shape index (κ2) is 3.89. The summed E-state index contributed by atoms with van der Waals surface area (Å²) >= 11 is 0. The molecule has 92 valence electrons. The van der Waals surface area contributed by atoms with Crippen LogP contribution >= 0.6 is 0 Å². The van der Waals surface area contributed by atoms with Gasteiger partial charge in [0.15, 0.2) is 9.84 Å². The molecule has 0 aliphatic carbocycles. The SMILES string of the molecule is CN(C)C(=O)N1CCNC2CS(=O)(=O)CC21. The van der Waals surface area contributed by atoms with Gasteiger partial charge in [0.25, 0.3) is 0 Å². The van der Waals surface area contributed by atoms with E-state index in [9.17, 15) is 13.2 Å². The lowest BCUT2D eigenvalue weighted by molar-refractivity contribution is 0.130. The molecule has 2 aliphatic rings. The maximum Gasteiger partial charge on any atom is 0.319 e. The average Bonchev–Trinajstić information content (AvgIpc) is 2.49. The number of carbonyl (C=O) groups is 1. The van der Waals surface area contributed by atoms with Gasteiger partial charge in [-0.2, -0.15) is 0 Å². The maximum absolute atomic E-state index is 11.9. The highest BCUT2D eigenvalue weighted by Gasteiger charge is 2.44. The molecule has 2 amide bonds. The second-order valence-corrected chi connectivity index (χ2v) is 6.73. The molecule has 2 heterocycles. The van der Waals surface area contributed by atoms with E-state index in [0.29, 0.717) is 13.1 Å². The lowest BCUT2D eigenvalue weighted by Gasteiger charge is -2.38. The average molecular weight is 247 g/mol. The molecule has 2 aliphatic heterocycles. The third kappa shape index (κ3) is 2.01. The van der Waals surface area contributed by atoms with E-state index in [0.717, 1.165) is 0 Å². The van der Waals surface area contributed by atoms with Crippen molar-refractivity contribution in [1.82, 2.24) is 15.1 Å². The predicted octanol–water partition coefficient (Wildman–Crippen LogP) is -1.26. The standard InChI is InChI=1S/C9H17N3O3S/c1-11(2)9(13)12-4-3-10-7-5-16(14,15)6-8(7)12/h7-8,10H,3-6H2,1-2H3. The third-order valence-electron chi connectivity index (χ3n) is 3.11. The summed E-state index contributed by atoms with van der Waals surface area (Å²) < 4.78 is 23.1. The minimum Gasteiger partial charge on any atom is -0.331 e. The van der Waals surface area contributed by atoms with Crippen LogP contribution in [0.5, 0.6) is 0 Å². The maximum atomic E-state index is 11.9. The molecule has 6 nitrogen and oxygen atoms in total. The van der Waals surface area contributed by atoms with Gasteiger partial charge in [-0.25, -0.2) is 13.2 Å². The van der Waals surface area contributed by atoms with E-state index in [1.54, 1.807) is 19.0 Å². The van der Waals surface area contributed by atoms with Gasteiger partial charge in [0.1, 0.15) is 0 Å². The number of nitrogens with zero attached hydrogens (tertiary/aromatic N) is 2. The summed E-state index contributed by atoms with van der Waals surface area (Å²) in [6, 6.07) is -0.398. The van der Waals surface area contributed by atoms with Crippen LogP contribution in [0, 0.1) is 0 Å². The number of nitrogens with one attached hydrogen (secondary N) is 1. The molecule has 2 rings (SSSR count). The normalized spacial score (nSPS) is 32.2. The lowest BCUT2D eigenvalue weighted by atomic mass is 10.1. The van der Waals surface area contributed by atoms with Gasteiger partial charge in [0, 0.05) is 33.2 Å². The first-order valence-corrected chi connectivity index (χ1v) is 7.14. The summed E-state index contributed by atoms with van der Waals surface area (Å²) in [5, 5.41) is 3.17. The Hall–Kier alpha value is -0.820. The predicted molar refractivity (Wildman–Crippen MR) is 60.0 cm³/mol. The number of hydrogen-bond donors (Lipinski definition) is 1. The van der Waals surface area contributed by atoms with Crippen molar-refractivity contribution in [2.24, 2.45) is 0 Å². The summed E-state index contributed by atoms with van der Waals surface area (Å²) in [5.74, 6) is 0.235. The van der Waals surface area contributed by atoms with Crippen molar-refractivity contribution in [2.75, 3.05) is 38.7 Å². The molecular weight excluding hydrogens is 230 g/mol. The van der Waals surface area contributed by atoms with Crippen molar-refractivity contribution in [3.05, 3.63) is 0 Å². The van der Waals surface area contributed by atoms with Crippen molar-refractivity contribution in [2.45, 2.75) is 12.1 Å². The van der Waals surface area contributed by atoms with Crippen LogP contribution < -0.4 is 5.32 Å². The van der Waals surface area contributed by atoms with Crippen LogP contribution in [0.15, 0.2) is 0 Å². The molecule has 2 saturated heterocycles. The van der Waals surface area contributed by atoms with Crippen LogP contribution in [0.25, 0.3) is 0 Å². The number of fused-ring (bicyclic) bond motifs is 1. The Bertz CT molecular complexity index is 393. The van der Waals surface area contributed by atoms with Gasteiger partial charge >= 0.3 is 6.03 Å². The summed E-state index contributed by atoms with van der Waals surface area (Å²) in [5.41, 5.74) is 0. The topological polar surface area (TPSA) is 69.7 Å². The van der Waals surface area contributed by atoms with Gasteiger partial charge in [-0.15, -0.1) is 0 Å². The fourth-order valence-electron chi connectivity index (χ4n) is 2.36. The van der Waals surface area contributed by atoms with E-state index >= 15 is 0 Å². The first-order chi connectivity index (χ1) is 7.41. The highest BCUT2D eigenvalue weighted by Crippen LogP contribution is 2.21. The Kier molecular flexibility index (Phi) is 2.83. The molecule has 16 heavy (non-hydrogen) atoms. The first kappa shape index (κ1) is 11.7. The molecule has 2 unspecified atom stereocenters. The summed E-state index contributed by atoms with van der Waals surface area (Å²) in [6.45, 7) is 1.24. The molecule has 2 atom stereocenters. The molecule has 0 aromatic heterocycles. The fourth-order valence-corrected chi connectivity index (χ4v) is 4.32. The van der Waals surface area contributed by atoms with Crippen LogP contribution in [0.4, 0.5) is 4.79 Å². The number of sulfone groups is 1. The smallest absolute Gasteiger partial charge is 0.319 e. The molecule has 0 aromatic carbocycles. The monoisotopic (exact) mass is 247 g/mol. The molecular formula is C9H17N3O3S. The number of carbonyl (C=O) groups excluding carboxylic acids is 1. The minimum absolute atomic E-state index is 0.0875. The van der Waals surface area contributed by atoms with Crippen molar-refractivity contribution in [3.63, 3.8) is 0 Å². The first-order valence-electron chi connectivity index (χ1n) is 5.32. The lowest BCUT2D eigenvalue weighted by Crippen LogP contribution is -2.60. The zero-order chi connectivity index (χ0) is 11.9. The fraction of sp³-hybridized carbons (Fsp3) is 0.889. The van der Waals surface area contributed by atoms with E-state index in [1.165, 1.54) is 4.90 Å². The zero-order valence-electron chi connectivity index (χ0n) is 9.51. The van der Waals surface area contributed by atoms with Gasteiger partial charge in [-0.3, -0.25) is 0 Å². The Morgan fingerprint density at radius 2 is 2.06 bits per heavy atom.